The van der Waals surface area contributed by atoms with Gasteiger partial charge < -0.3 is 14.8 Å². The number of ether oxygens (including phenoxy) is 2. The number of amides is 1. The van der Waals surface area contributed by atoms with Crippen molar-refractivity contribution in [2.75, 3.05) is 14.2 Å². The van der Waals surface area contributed by atoms with Crippen molar-refractivity contribution in [3.8, 4) is 11.5 Å². The summed E-state index contributed by atoms with van der Waals surface area (Å²) in [6, 6.07) is 12.3. The first kappa shape index (κ1) is 16.2. The maximum absolute atomic E-state index is 12.3. The highest BCUT2D eigenvalue weighted by Gasteiger charge is 2.15. The highest BCUT2D eigenvalue weighted by Crippen LogP contribution is 2.30. The Kier molecular flexibility index (Phi) is 5.28. The summed E-state index contributed by atoms with van der Waals surface area (Å²) in [5, 5.41) is 3.35. The summed E-state index contributed by atoms with van der Waals surface area (Å²) in [6.45, 7) is 1.90. The Morgan fingerprint density at radius 1 is 1.09 bits per heavy atom. The van der Waals surface area contributed by atoms with Crippen LogP contribution in [0.4, 0.5) is 0 Å². The fraction of sp³-hybridized carbons (Fsp3) is 0.235. The number of nitrogens with one attached hydrogen (secondary N) is 1. The average Bonchev–Trinajstić information content (AvgIpc) is 2.54. The van der Waals surface area contributed by atoms with E-state index in [2.05, 4.69) is 5.32 Å². The number of methoxy groups -OCH3 is 2. The molecule has 0 aliphatic heterocycles. The van der Waals surface area contributed by atoms with Gasteiger partial charge in [-0.1, -0.05) is 29.8 Å². The number of carbonyl (C=O) groups excluding carboxylic acids is 1. The van der Waals surface area contributed by atoms with Gasteiger partial charge >= 0.3 is 0 Å². The predicted octanol–water partition coefficient (Wildman–Crippen LogP) is 3.85. The highest BCUT2D eigenvalue weighted by atomic mass is 35.5. The first-order valence-corrected chi connectivity index (χ1v) is 7.22. The molecule has 1 atom stereocenters. The molecule has 2 aromatic rings. The van der Waals surface area contributed by atoms with Crippen LogP contribution in [0, 0.1) is 0 Å². The molecule has 1 N–H and O–H groups in total. The topological polar surface area (TPSA) is 47.6 Å². The maximum atomic E-state index is 12.3. The Hall–Kier alpha value is -2.20. The average molecular weight is 320 g/mol. The zero-order chi connectivity index (χ0) is 16.1. The fourth-order valence-electron chi connectivity index (χ4n) is 2.13. The molecule has 0 unspecified atom stereocenters. The van der Waals surface area contributed by atoms with Gasteiger partial charge in [0.15, 0.2) is 11.5 Å². The Morgan fingerprint density at radius 3 is 2.41 bits per heavy atom. The summed E-state index contributed by atoms with van der Waals surface area (Å²) in [4.78, 5) is 12.3. The van der Waals surface area contributed by atoms with Gasteiger partial charge in [0.05, 0.1) is 30.8 Å². The number of hydrogen-bond acceptors (Lipinski definition) is 3. The van der Waals surface area contributed by atoms with Gasteiger partial charge in [0.25, 0.3) is 5.91 Å². The van der Waals surface area contributed by atoms with E-state index in [4.69, 9.17) is 21.1 Å². The third-order valence-electron chi connectivity index (χ3n) is 3.37. The molecule has 0 spiro atoms. The van der Waals surface area contributed by atoms with E-state index in [1.165, 1.54) is 0 Å². The highest BCUT2D eigenvalue weighted by molar-refractivity contribution is 6.33. The number of benzene rings is 2. The molecule has 0 fully saturated rings. The van der Waals surface area contributed by atoms with Crippen LogP contribution in [0.3, 0.4) is 0 Å². The minimum atomic E-state index is -0.215. The molecule has 0 aliphatic carbocycles. The summed E-state index contributed by atoms with van der Waals surface area (Å²) >= 11 is 6.04. The first-order valence-electron chi connectivity index (χ1n) is 6.84. The van der Waals surface area contributed by atoms with Crippen LogP contribution in [-0.2, 0) is 0 Å². The molecule has 2 aromatic carbocycles. The third-order valence-corrected chi connectivity index (χ3v) is 3.70. The standard InChI is InChI=1S/C17H18ClNO3/c1-11(12-8-9-15(21-2)16(10-12)22-3)19-17(20)13-6-4-5-7-14(13)18/h4-11H,1-3H3,(H,19,20)/t11-/m1/s1. The van der Waals surface area contributed by atoms with Crippen molar-refractivity contribution >= 4 is 17.5 Å². The lowest BCUT2D eigenvalue weighted by molar-refractivity contribution is 0.0940. The molecule has 0 bridgehead atoms. The summed E-state index contributed by atoms with van der Waals surface area (Å²) in [5.74, 6) is 1.06. The van der Waals surface area contributed by atoms with Crippen molar-refractivity contribution < 1.29 is 14.3 Å². The third kappa shape index (κ3) is 3.52. The van der Waals surface area contributed by atoms with Crippen LogP contribution in [0.5, 0.6) is 11.5 Å². The lowest BCUT2D eigenvalue weighted by Crippen LogP contribution is -2.26. The molecule has 0 radical (unpaired) electrons. The largest absolute Gasteiger partial charge is 0.493 e. The summed E-state index contributed by atoms with van der Waals surface area (Å²) < 4.78 is 10.5. The number of halogens is 1. The van der Waals surface area contributed by atoms with Crippen molar-refractivity contribution in [2.45, 2.75) is 13.0 Å². The zero-order valence-corrected chi connectivity index (χ0v) is 13.5. The first-order chi connectivity index (χ1) is 10.6. The Morgan fingerprint density at radius 2 is 1.77 bits per heavy atom. The lowest BCUT2D eigenvalue weighted by atomic mass is 10.1. The summed E-state index contributed by atoms with van der Waals surface area (Å²) in [6.07, 6.45) is 0. The van der Waals surface area contributed by atoms with Crippen molar-refractivity contribution in [3.63, 3.8) is 0 Å². The molecule has 0 aromatic heterocycles. The second-order valence-electron chi connectivity index (χ2n) is 4.79. The Balaban J connectivity index is 2.17. The van der Waals surface area contributed by atoms with Gasteiger partial charge in [-0.2, -0.15) is 0 Å². The van der Waals surface area contributed by atoms with Crippen LogP contribution >= 0.6 is 11.6 Å². The molecule has 5 heteroatoms. The molecule has 116 valence electrons. The summed E-state index contributed by atoms with van der Waals surface area (Å²) in [7, 11) is 3.16. The van der Waals surface area contributed by atoms with Gasteiger partial charge in [0.1, 0.15) is 0 Å². The van der Waals surface area contributed by atoms with Crippen LogP contribution in [0.1, 0.15) is 28.9 Å². The van der Waals surface area contributed by atoms with E-state index in [-0.39, 0.29) is 11.9 Å². The van der Waals surface area contributed by atoms with Gasteiger partial charge in [-0.3, -0.25) is 4.79 Å². The van der Waals surface area contributed by atoms with Crippen LogP contribution in [0.15, 0.2) is 42.5 Å². The van der Waals surface area contributed by atoms with E-state index < -0.39 is 0 Å². The molecular formula is C17H18ClNO3. The Bertz CT molecular complexity index is 673. The van der Waals surface area contributed by atoms with Gasteiger partial charge in [0, 0.05) is 0 Å². The van der Waals surface area contributed by atoms with Crippen LogP contribution in [0.2, 0.25) is 5.02 Å². The van der Waals surface area contributed by atoms with Crippen molar-refractivity contribution in [1.29, 1.82) is 0 Å². The number of rotatable bonds is 5. The molecule has 22 heavy (non-hydrogen) atoms. The smallest absolute Gasteiger partial charge is 0.253 e. The summed E-state index contributed by atoms with van der Waals surface area (Å²) in [5.41, 5.74) is 1.37. The quantitative estimate of drug-likeness (QED) is 0.910. The SMILES string of the molecule is COc1ccc([C@@H](C)NC(=O)c2ccccc2Cl)cc1OC. The lowest BCUT2D eigenvalue weighted by Gasteiger charge is -2.17. The van der Waals surface area contributed by atoms with Crippen LogP contribution in [-0.4, -0.2) is 20.1 Å². The van der Waals surface area contributed by atoms with Crippen molar-refractivity contribution in [2.24, 2.45) is 0 Å². The van der Waals surface area contributed by atoms with Crippen LogP contribution < -0.4 is 14.8 Å². The minimum Gasteiger partial charge on any atom is -0.493 e. The van der Waals surface area contributed by atoms with Crippen LogP contribution in [0.25, 0.3) is 0 Å². The zero-order valence-electron chi connectivity index (χ0n) is 12.7. The van der Waals surface area contributed by atoms with E-state index in [9.17, 15) is 4.79 Å². The monoisotopic (exact) mass is 319 g/mol. The molecule has 0 saturated heterocycles. The van der Waals surface area contributed by atoms with E-state index >= 15 is 0 Å². The second-order valence-corrected chi connectivity index (χ2v) is 5.20. The Labute approximate surface area is 135 Å². The molecule has 0 heterocycles. The van der Waals surface area contributed by atoms with Crippen molar-refractivity contribution in [1.82, 2.24) is 5.32 Å². The molecule has 0 aliphatic rings. The van der Waals surface area contributed by atoms with E-state index in [0.29, 0.717) is 22.1 Å². The van der Waals surface area contributed by atoms with Gasteiger partial charge in [0.2, 0.25) is 0 Å². The van der Waals surface area contributed by atoms with E-state index in [1.54, 1.807) is 38.5 Å². The normalized spacial score (nSPS) is 11.6. The van der Waals surface area contributed by atoms with Gasteiger partial charge in [-0.25, -0.2) is 0 Å². The fourth-order valence-corrected chi connectivity index (χ4v) is 2.35. The second kappa shape index (κ2) is 7.18. The molecule has 0 saturated carbocycles. The number of hydrogen-bond donors (Lipinski definition) is 1. The van der Waals surface area contributed by atoms with Gasteiger partial charge in [-0.05, 0) is 36.8 Å². The molecule has 4 nitrogen and oxygen atoms in total. The molecular weight excluding hydrogens is 302 g/mol. The number of carbonyl (C=O) groups is 1. The molecule has 2 rings (SSSR count). The minimum absolute atomic E-state index is 0.191. The van der Waals surface area contributed by atoms with Crippen molar-refractivity contribution in [3.05, 3.63) is 58.6 Å². The van der Waals surface area contributed by atoms with Gasteiger partial charge in [-0.15, -0.1) is 0 Å². The van der Waals surface area contributed by atoms with E-state index in [1.807, 2.05) is 25.1 Å². The predicted molar refractivity (Wildman–Crippen MR) is 86.9 cm³/mol. The maximum Gasteiger partial charge on any atom is 0.253 e. The van der Waals surface area contributed by atoms with E-state index in [0.717, 1.165) is 5.56 Å². The molecule has 1 amide bonds.